The number of hydrogen-bond acceptors (Lipinski definition) is 3. The lowest BCUT2D eigenvalue weighted by Crippen LogP contribution is -2.45. The first kappa shape index (κ1) is 18.7. The molecule has 1 N–H and O–H groups in total. The molecular weight excluding hydrogens is 341 g/mol. The highest BCUT2D eigenvalue weighted by Crippen LogP contribution is 2.39. The molecule has 0 spiro atoms. The molecule has 0 radical (unpaired) electrons. The number of nitrogens with zero attached hydrogens (tertiary/aromatic N) is 1. The van der Waals surface area contributed by atoms with Gasteiger partial charge in [0.15, 0.2) is 0 Å². The zero-order valence-corrected chi connectivity index (χ0v) is 14.7. The molecule has 0 saturated carbocycles. The molecule has 1 unspecified atom stereocenters. The fraction of sp³-hybridized carbons (Fsp3) is 0.400. The average molecular weight is 364 g/mol. The smallest absolute Gasteiger partial charge is 0.416 e. The molecule has 1 atom stereocenters. The number of piperazine rings is 1. The van der Waals surface area contributed by atoms with Gasteiger partial charge in [0.25, 0.3) is 0 Å². The summed E-state index contributed by atoms with van der Waals surface area (Å²) < 4.78 is 46.5. The Morgan fingerprint density at radius 1 is 1.08 bits per heavy atom. The van der Waals surface area contributed by atoms with Crippen molar-refractivity contribution < 1.29 is 17.9 Å². The van der Waals surface area contributed by atoms with Crippen LogP contribution in [0.15, 0.2) is 48.5 Å². The maximum atomic E-state index is 13.6. The van der Waals surface area contributed by atoms with Crippen LogP contribution in [0, 0.1) is 0 Å². The van der Waals surface area contributed by atoms with E-state index in [0.29, 0.717) is 25.4 Å². The first-order valence-corrected chi connectivity index (χ1v) is 8.84. The van der Waals surface area contributed by atoms with Crippen molar-refractivity contribution in [2.75, 3.05) is 32.8 Å². The van der Waals surface area contributed by atoms with Crippen LogP contribution < -0.4 is 10.1 Å². The summed E-state index contributed by atoms with van der Waals surface area (Å²) in [5, 5.41) is 3.26. The topological polar surface area (TPSA) is 24.5 Å². The summed E-state index contributed by atoms with van der Waals surface area (Å²) in [6.07, 6.45) is -4.39. The summed E-state index contributed by atoms with van der Waals surface area (Å²) in [6.45, 7) is 5.30. The Kier molecular flexibility index (Phi) is 5.84. The van der Waals surface area contributed by atoms with Crippen molar-refractivity contribution in [2.24, 2.45) is 0 Å². The van der Waals surface area contributed by atoms with Gasteiger partial charge in [-0.25, -0.2) is 0 Å². The summed E-state index contributed by atoms with van der Waals surface area (Å²) in [6, 6.07) is 12.8. The molecule has 2 aromatic rings. The number of ether oxygens (including phenoxy) is 1. The van der Waals surface area contributed by atoms with E-state index in [4.69, 9.17) is 4.74 Å². The van der Waals surface area contributed by atoms with Crippen LogP contribution in [0.25, 0.3) is 0 Å². The first-order valence-electron chi connectivity index (χ1n) is 8.84. The number of halogens is 3. The average Bonchev–Trinajstić information content (AvgIpc) is 2.63. The van der Waals surface area contributed by atoms with Crippen molar-refractivity contribution >= 4 is 0 Å². The largest absolute Gasteiger partial charge is 0.494 e. The third kappa shape index (κ3) is 4.19. The summed E-state index contributed by atoms with van der Waals surface area (Å²) >= 11 is 0. The number of benzene rings is 2. The van der Waals surface area contributed by atoms with E-state index in [9.17, 15) is 13.2 Å². The molecule has 1 heterocycles. The van der Waals surface area contributed by atoms with Crippen LogP contribution >= 0.6 is 0 Å². The van der Waals surface area contributed by atoms with E-state index in [1.54, 1.807) is 12.1 Å². The van der Waals surface area contributed by atoms with E-state index in [1.165, 1.54) is 6.07 Å². The Hall–Kier alpha value is -2.05. The third-order valence-corrected chi connectivity index (χ3v) is 4.56. The van der Waals surface area contributed by atoms with Gasteiger partial charge in [-0.2, -0.15) is 13.2 Å². The van der Waals surface area contributed by atoms with Crippen molar-refractivity contribution in [3.8, 4) is 5.75 Å². The predicted octanol–water partition coefficient (Wildman–Crippen LogP) is 4.10. The lowest BCUT2D eigenvalue weighted by atomic mass is 9.92. The van der Waals surface area contributed by atoms with Gasteiger partial charge < -0.3 is 10.1 Å². The van der Waals surface area contributed by atoms with E-state index in [-0.39, 0.29) is 5.56 Å². The monoisotopic (exact) mass is 364 g/mol. The van der Waals surface area contributed by atoms with Gasteiger partial charge in [0, 0.05) is 26.2 Å². The van der Waals surface area contributed by atoms with Gasteiger partial charge in [-0.1, -0.05) is 30.3 Å². The lowest BCUT2D eigenvalue weighted by Gasteiger charge is -2.36. The van der Waals surface area contributed by atoms with Gasteiger partial charge in [0.05, 0.1) is 18.2 Å². The van der Waals surface area contributed by atoms with E-state index >= 15 is 0 Å². The summed E-state index contributed by atoms with van der Waals surface area (Å²) in [5.41, 5.74) is 0.524. The van der Waals surface area contributed by atoms with E-state index in [0.717, 1.165) is 24.7 Å². The molecule has 26 heavy (non-hydrogen) atoms. The van der Waals surface area contributed by atoms with Crippen LogP contribution in [0.3, 0.4) is 0 Å². The Bertz CT molecular complexity index is 727. The Morgan fingerprint density at radius 2 is 1.81 bits per heavy atom. The van der Waals surface area contributed by atoms with E-state index < -0.39 is 17.8 Å². The molecule has 1 saturated heterocycles. The van der Waals surface area contributed by atoms with Crippen LogP contribution in [-0.4, -0.2) is 37.7 Å². The van der Waals surface area contributed by atoms with Crippen molar-refractivity contribution in [1.29, 1.82) is 0 Å². The Balaban J connectivity index is 2.09. The summed E-state index contributed by atoms with van der Waals surface area (Å²) in [5.74, 6) is 0.676. The predicted molar refractivity (Wildman–Crippen MR) is 95.3 cm³/mol. The van der Waals surface area contributed by atoms with Gasteiger partial charge >= 0.3 is 6.18 Å². The van der Waals surface area contributed by atoms with Gasteiger partial charge in [-0.15, -0.1) is 0 Å². The van der Waals surface area contributed by atoms with Crippen LogP contribution in [-0.2, 0) is 6.18 Å². The van der Waals surface area contributed by atoms with Crippen molar-refractivity contribution in [2.45, 2.75) is 19.1 Å². The minimum Gasteiger partial charge on any atom is -0.494 e. The number of hydrogen-bond donors (Lipinski definition) is 1. The molecule has 0 bridgehead atoms. The standard InChI is InChI=1S/C20H23F3N2O/c1-2-26-16-7-5-6-15(14-16)19(25-12-10-24-11-13-25)17-8-3-4-9-18(17)20(21,22)23/h3-9,14,19,24H,2,10-13H2,1H3. The van der Waals surface area contributed by atoms with Gasteiger partial charge in [0.1, 0.15) is 5.75 Å². The SMILES string of the molecule is CCOc1cccc(C(c2ccccc2C(F)(F)F)N2CCNCC2)c1. The summed E-state index contributed by atoms with van der Waals surface area (Å²) in [7, 11) is 0. The maximum absolute atomic E-state index is 13.6. The molecule has 3 nitrogen and oxygen atoms in total. The van der Waals surface area contributed by atoms with Gasteiger partial charge in [0.2, 0.25) is 0 Å². The molecule has 0 aromatic heterocycles. The zero-order valence-electron chi connectivity index (χ0n) is 14.7. The zero-order chi connectivity index (χ0) is 18.6. The molecule has 3 rings (SSSR count). The first-order chi connectivity index (χ1) is 12.5. The van der Waals surface area contributed by atoms with Crippen molar-refractivity contribution in [3.63, 3.8) is 0 Å². The van der Waals surface area contributed by atoms with Gasteiger partial charge in [-0.3, -0.25) is 4.90 Å². The van der Waals surface area contributed by atoms with Crippen molar-refractivity contribution in [3.05, 3.63) is 65.2 Å². The third-order valence-electron chi connectivity index (χ3n) is 4.56. The fourth-order valence-electron chi connectivity index (χ4n) is 3.46. The van der Waals surface area contributed by atoms with E-state index in [1.807, 2.05) is 31.2 Å². The quantitative estimate of drug-likeness (QED) is 0.865. The minimum atomic E-state index is -4.39. The number of rotatable bonds is 5. The van der Waals surface area contributed by atoms with Crippen LogP contribution in [0.2, 0.25) is 0 Å². The number of alkyl halides is 3. The van der Waals surface area contributed by atoms with Crippen molar-refractivity contribution in [1.82, 2.24) is 10.2 Å². The van der Waals surface area contributed by atoms with Crippen LogP contribution in [0.1, 0.15) is 29.7 Å². The molecule has 0 amide bonds. The molecule has 1 fully saturated rings. The second kappa shape index (κ2) is 8.10. The molecule has 1 aliphatic heterocycles. The Morgan fingerprint density at radius 3 is 2.50 bits per heavy atom. The highest BCUT2D eigenvalue weighted by molar-refractivity contribution is 5.41. The highest BCUT2D eigenvalue weighted by atomic mass is 19.4. The molecule has 0 aliphatic carbocycles. The molecule has 140 valence electrons. The lowest BCUT2D eigenvalue weighted by molar-refractivity contribution is -0.138. The van der Waals surface area contributed by atoms with Crippen LogP contribution in [0.5, 0.6) is 5.75 Å². The number of nitrogens with one attached hydrogen (secondary N) is 1. The normalized spacial score (nSPS) is 17.1. The molecule has 2 aromatic carbocycles. The van der Waals surface area contributed by atoms with E-state index in [2.05, 4.69) is 10.2 Å². The molecular formula is C20H23F3N2O. The highest BCUT2D eigenvalue weighted by Gasteiger charge is 2.37. The van der Waals surface area contributed by atoms with Gasteiger partial charge in [-0.05, 0) is 36.2 Å². The maximum Gasteiger partial charge on any atom is 0.416 e. The van der Waals surface area contributed by atoms with Crippen LogP contribution in [0.4, 0.5) is 13.2 Å². The summed E-state index contributed by atoms with van der Waals surface area (Å²) in [4.78, 5) is 2.10. The second-order valence-electron chi connectivity index (χ2n) is 6.28. The Labute approximate surface area is 151 Å². The fourth-order valence-corrected chi connectivity index (χ4v) is 3.46. The molecule has 6 heteroatoms. The molecule has 1 aliphatic rings. The second-order valence-corrected chi connectivity index (χ2v) is 6.28. The minimum absolute atomic E-state index is 0.288.